The summed E-state index contributed by atoms with van der Waals surface area (Å²) in [5.41, 5.74) is 3.04. The molecule has 0 aliphatic carbocycles. The van der Waals surface area contributed by atoms with E-state index in [0.29, 0.717) is 16.7 Å². The van der Waals surface area contributed by atoms with Gasteiger partial charge in [-0.05, 0) is 41.0 Å². The fourth-order valence-corrected chi connectivity index (χ4v) is 2.00. The van der Waals surface area contributed by atoms with Crippen molar-refractivity contribution in [3.05, 3.63) is 58.1 Å². The van der Waals surface area contributed by atoms with Gasteiger partial charge in [0.05, 0.1) is 6.61 Å². The van der Waals surface area contributed by atoms with Crippen LogP contribution in [0.25, 0.3) is 11.1 Å². The van der Waals surface area contributed by atoms with Crippen LogP contribution in [0.15, 0.2) is 42.5 Å². The third-order valence-electron chi connectivity index (χ3n) is 2.46. The summed E-state index contributed by atoms with van der Waals surface area (Å²) in [5, 5.41) is 1.37. The summed E-state index contributed by atoms with van der Waals surface area (Å²) in [6, 6.07) is 13.2. The van der Waals surface area contributed by atoms with Gasteiger partial charge in [-0.1, -0.05) is 41.4 Å². The summed E-state index contributed by atoms with van der Waals surface area (Å²) in [6.07, 6.45) is 0. The molecule has 17 heavy (non-hydrogen) atoms. The predicted molar refractivity (Wildman–Crippen MR) is 70.9 cm³/mol. The zero-order chi connectivity index (χ0) is 12.3. The van der Waals surface area contributed by atoms with E-state index in [2.05, 4.69) is 4.84 Å². The van der Waals surface area contributed by atoms with Crippen molar-refractivity contribution in [3.8, 4) is 11.1 Å². The van der Waals surface area contributed by atoms with E-state index >= 15 is 0 Å². The van der Waals surface area contributed by atoms with Gasteiger partial charge in [-0.25, -0.2) is 5.90 Å². The van der Waals surface area contributed by atoms with Gasteiger partial charge in [-0.3, -0.25) is 4.84 Å². The monoisotopic (exact) mass is 267 g/mol. The first-order valence-electron chi connectivity index (χ1n) is 5.07. The van der Waals surface area contributed by atoms with Gasteiger partial charge in [-0.2, -0.15) is 0 Å². The first-order chi connectivity index (χ1) is 8.20. The Morgan fingerprint density at radius 1 is 0.941 bits per heavy atom. The van der Waals surface area contributed by atoms with Crippen LogP contribution in [0, 0.1) is 0 Å². The smallest absolute Gasteiger partial charge is 0.0936 e. The minimum atomic E-state index is 0.318. The van der Waals surface area contributed by atoms with Crippen molar-refractivity contribution in [3.63, 3.8) is 0 Å². The van der Waals surface area contributed by atoms with Gasteiger partial charge in [0.15, 0.2) is 0 Å². The second kappa shape index (κ2) is 5.52. The van der Waals surface area contributed by atoms with E-state index in [4.69, 9.17) is 29.1 Å². The first-order valence-corrected chi connectivity index (χ1v) is 5.82. The maximum atomic E-state index is 5.95. The maximum absolute atomic E-state index is 5.95. The van der Waals surface area contributed by atoms with Crippen LogP contribution in [0.4, 0.5) is 0 Å². The van der Waals surface area contributed by atoms with Crippen molar-refractivity contribution in [2.45, 2.75) is 6.61 Å². The number of hydrogen-bond donors (Lipinski definition) is 1. The van der Waals surface area contributed by atoms with Crippen molar-refractivity contribution in [1.82, 2.24) is 0 Å². The van der Waals surface area contributed by atoms with Crippen LogP contribution in [0.3, 0.4) is 0 Å². The van der Waals surface area contributed by atoms with Crippen LogP contribution < -0.4 is 5.90 Å². The fourth-order valence-electron chi connectivity index (χ4n) is 1.68. The third-order valence-corrected chi connectivity index (χ3v) is 2.95. The Labute approximate surface area is 110 Å². The van der Waals surface area contributed by atoms with Gasteiger partial charge in [0.2, 0.25) is 0 Å². The third kappa shape index (κ3) is 2.99. The summed E-state index contributed by atoms with van der Waals surface area (Å²) >= 11 is 11.8. The molecule has 0 fully saturated rings. The minimum Gasteiger partial charge on any atom is -0.300 e. The molecule has 2 aromatic rings. The van der Waals surface area contributed by atoms with E-state index < -0.39 is 0 Å². The molecule has 2 rings (SSSR count). The summed E-state index contributed by atoms with van der Waals surface area (Å²) in [7, 11) is 0. The molecule has 0 aliphatic rings. The SMILES string of the molecule is NOCc1cc(Cl)ccc1-c1ccc(Cl)cc1. The van der Waals surface area contributed by atoms with Crippen molar-refractivity contribution in [2.75, 3.05) is 0 Å². The Morgan fingerprint density at radius 2 is 1.59 bits per heavy atom. The highest BCUT2D eigenvalue weighted by molar-refractivity contribution is 6.31. The van der Waals surface area contributed by atoms with E-state index in [1.807, 2.05) is 42.5 Å². The molecule has 0 aliphatic heterocycles. The summed E-state index contributed by atoms with van der Waals surface area (Å²) in [4.78, 5) is 4.68. The Balaban J connectivity index is 2.46. The van der Waals surface area contributed by atoms with E-state index in [0.717, 1.165) is 16.7 Å². The molecule has 0 radical (unpaired) electrons. The van der Waals surface area contributed by atoms with Gasteiger partial charge in [-0.15, -0.1) is 0 Å². The van der Waals surface area contributed by atoms with Crippen molar-refractivity contribution in [1.29, 1.82) is 0 Å². The summed E-state index contributed by atoms with van der Waals surface area (Å²) in [6.45, 7) is 0.318. The highest BCUT2D eigenvalue weighted by Crippen LogP contribution is 2.27. The minimum absolute atomic E-state index is 0.318. The van der Waals surface area contributed by atoms with Crippen molar-refractivity contribution >= 4 is 23.2 Å². The molecule has 0 heterocycles. The molecule has 4 heteroatoms. The van der Waals surface area contributed by atoms with E-state index in [9.17, 15) is 0 Å². The van der Waals surface area contributed by atoms with Crippen LogP contribution in [0.5, 0.6) is 0 Å². The van der Waals surface area contributed by atoms with Gasteiger partial charge < -0.3 is 0 Å². The molecule has 0 spiro atoms. The van der Waals surface area contributed by atoms with Crippen LogP contribution in [0.1, 0.15) is 5.56 Å². The average Bonchev–Trinajstić information content (AvgIpc) is 2.31. The number of benzene rings is 2. The molecule has 2 N–H and O–H groups in total. The lowest BCUT2D eigenvalue weighted by atomic mass is 10.0. The second-order valence-electron chi connectivity index (χ2n) is 3.62. The van der Waals surface area contributed by atoms with E-state index in [1.165, 1.54) is 0 Å². The molecule has 0 saturated carbocycles. The summed E-state index contributed by atoms with van der Waals surface area (Å²) in [5.74, 6) is 5.12. The molecule has 2 aromatic carbocycles. The maximum Gasteiger partial charge on any atom is 0.0936 e. The molecule has 0 atom stereocenters. The normalized spacial score (nSPS) is 10.5. The van der Waals surface area contributed by atoms with E-state index in [-0.39, 0.29) is 0 Å². The Bertz CT molecular complexity index is 511. The van der Waals surface area contributed by atoms with E-state index in [1.54, 1.807) is 0 Å². The van der Waals surface area contributed by atoms with Gasteiger partial charge in [0.1, 0.15) is 0 Å². The highest BCUT2D eigenvalue weighted by Gasteiger charge is 2.06. The fraction of sp³-hybridized carbons (Fsp3) is 0.0769. The standard InChI is InChI=1S/C13H11Cl2NO/c14-11-3-1-9(2-4-11)13-6-5-12(15)7-10(13)8-17-16/h1-7H,8,16H2. The van der Waals surface area contributed by atoms with Crippen LogP contribution in [-0.4, -0.2) is 0 Å². The average molecular weight is 268 g/mol. The molecule has 0 saturated heterocycles. The number of halogens is 2. The van der Waals surface area contributed by atoms with Crippen molar-refractivity contribution in [2.24, 2.45) is 5.90 Å². The predicted octanol–water partition coefficient (Wildman–Crippen LogP) is 4.05. The van der Waals surface area contributed by atoms with Gasteiger partial charge >= 0.3 is 0 Å². The molecule has 0 bridgehead atoms. The Morgan fingerprint density at radius 3 is 2.24 bits per heavy atom. The highest BCUT2D eigenvalue weighted by atomic mass is 35.5. The van der Waals surface area contributed by atoms with Crippen LogP contribution >= 0.6 is 23.2 Å². The molecule has 2 nitrogen and oxygen atoms in total. The topological polar surface area (TPSA) is 35.2 Å². The molecular formula is C13H11Cl2NO. The van der Waals surface area contributed by atoms with Crippen molar-refractivity contribution < 1.29 is 4.84 Å². The molecule has 0 unspecified atom stereocenters. The van der Waals surface area contributed by atoms with Gasteiger partial charge in [0.25, 0.3) is 0 Å². The molecule has 88 valence electrons. The number of rotatable bonds is 3. The Kier molecular flexibility index (Phi) is 4.02. The number of hydrogen-bond acceptors (Lipinski definition) is 2. The quantitative estimate of drug-likeness (QED) is 0.852. The lowest BCUT2D eigenvalue weighted by molar-refractivity contribution is 0.124. The van der Waals surface area contributed by atoms with Gasteiger partial charge in [0, 0.05) is 10.0 Å². The summed E-state index contributed by atoms with van der Waals surface area (Å²) < 4.78 is 0. The molecule has 0 amide bonds. The zero-order valence-corrected chi connectivity index (χ0v) is 10.5. The second-order valence-corrected chi connectivity index (χ2v) is 4.49. The lowest BCUT2D eigenvalue weighted by Gasteiger charge is -2.09. The van der Waals surface area contributed by atoms with Crippen LogP contribution in [-0.2, 0) is 11.4 Å². The number of nitrogens with two attached hydrogens (primary N) is 1. The molecular weight excluding hydrogens is 257 g/mol. The first kappa shape index (κ1) is 12.4. The largest absolute Gasteiger partial charge is 0.300 e. The lowest BCUT2D eigenvalue weighted by Crippen LogP contribution is -2.00. The molecule has 0 aromatic heterocycles. The van der Waals surface area contributed by atoms with Crippen LogP contribution in [0.2, 0.25) is 10.0 Å². The zero-order valence-electron chi connectivity index (χ0n) is 8.99. The Hall–Kier alpha value is -1.06.